The molecule has 0 bridgehead atoms. The zero-order chi connectivity index (χ0) is 18.0. The molecule has 128 valence electrons. The first-order chi connectivity index (χ1) is 12.0. The van der Waals surface area contributed by atoms with Crippen LogP contribution in [0.3, 0.4) is 0 Å². The molecular formula is C17H15N3O5. The lowest BCUT2D eigenvalue weighted by Gasteiger charge is -2.30. The summed E-state index contributed by atoms with van der Waals surface area (Å²) in [6.45, 7) is -0.450. The number of hydrogen-bond acceptors (Lipinski definition) is 5. The van der Waals surface area contributed by atoms with Crippen LogP contribution in [0.5, 0.6) is 5.75 Å². The lowest BCUT2D eigenvalue weighted by atomic mass is 10.2. The van der Waals surface area contributed by atoms with Gasteiger partial charge in [-0.25, -0.2) is 0 Å². The number of nitro groups is 1. The number of fused-ring (bicyclic) bond motifs is 1. The number of carbonyl (C=O) groups excluding carboxylic acids is 2. The molecule has 0 unspecified atom stereocenters. The van der Waals surface area contributed by atoms with Gasteiger partial charge in [0.1, 0.15) is 12.3 Å². The Hall–Kier alpha value is -3.42. The molecule has 0 spiro atoms. The summed E-state index contributed by atoms with van der Waals surface area (Å²) in [6, 6.07) is 13.0. The lowest BCUT2D eigenvalue weighted by molar-refractivity contribution is -0.384. The summed E-state index contributed by atoms with van der Waals surface area (Å²) in [5.41, 5.74) is 0.735. The summed E-state index contributed by atoms with van der Waals surface area (Å²) >= 11 is 0. The van der Waals surface area contributed by atoms with Crippen molar-refractivity contribution in [2.45, 2.75) is 0 Å². The minimum absolute atomic E-state index is 0.175. The number of carbonyl (C=O) groups is 2. The van der Waals surface area contributed by atoms with Gasteiger partial charge in [-0.15, -0.1) is 0 Å². The fourth-order valence-electron chi connectivity index (χ4n) is 2.51. The number of benzene rings is 2. The van der Waals surface area contributed by atoms with E-state index >= 15 is 0 Å². The van der Waals surface area contributed by atoms with E-state index < -0.39 is 10.8 Å². The Morgan fingerprint density at radius 1 is 1.28 bits per heavy atom. The van der Waals surface area contributed by atoms with Crippen LogP contribution in [0.1, 0.15) is 0 Å². The molecule has 0 atom stereocenters. The van der Waals surface area contributed by atoms with Crippen molar-refractivity contribution in [2.75, 3.05) is 30.0 Å². The second kappa shape index (κ2) is 6.60. The summed E-state index contributed by atoms with van der Waals surface area (Å²) in [5.74, 6) is -0.415. The Kier molecular flexibility index (Phi) is 4.34. The molecule has 3 rings (SSSR count). The second-order valence-electron chi connectivity index (χ2n) is 5.47. The highest BCUT2D eigenvalue weighted by Crippen LogP contribution is 2.35. The third-order valence-electron chi connectivity index (χ3n) is 3.91. The maximum Gasteiger partial charge on any atom is 0.271 e. The normalized spacial score (nSPS) is 13.0. The molecule has 2 amide bonds. The molecular weight excluding hydrogens is 326 g/mol. The molecule has 0 saturated carbocycles. The van der Waals surface area contributed by atoms with Gasteiger partial charge in [0.2, 0.25) is 5.91 Å². The van der Waals surface area contributed by atoms with Crippen LogP contribution in [0.15, 0.2) is 48.5 Å². The SMILES string of the molecule is CN(C(=O)CN1C(=O)COc2ccc([N+](=O)[O-])cc21)c1ccccc1. The molecule has 1 aliphatic heterocycles. The van der Waals surface area contributed by atoms with Crippen LogP contribution in [0.25, 0.3) is 0 Å². The van der Waals surface area contributed by atoms with Crippen molar-refractivity contribution in [1.29, 1.82) is 0 Å². The third kappa shape index (κ3) is 3.27. The molecule has 0 aromatic heterocycles. The molecule has 0 radical (unpaired) electrons. The highest BCUT2D eigenvalue weighted by atomic mass is 16.6. The summed E-state index contributed by atoms with van der Waals surface area (Å²) in [7, 11) is 1.61. The molecule has 0 saturated heterocycles. The van der Waals surface area contributed by atoms with E-state index in [1.807, 2.05) is 6.07 Å². The monoisotopic (exact) mass is 341 g/mol. The van der Waals surface area contributed by atoms with Gasteiger partial charge in [0.05, 0.1) is 10.6 Å². The van der Waals surface area contributed by atoms with Gasteiger partial charge in [0.25, 0.3) is 11.6 Å². The van der Waals surface area contributed by atoms with Crippen LogP contribution in [0.2, 0.25) is 0 Å². The first-order valence-electron chi connectivity index (χ1n) is 7.50. The highest BCUT2D eigenvalue weighted by molar-refractivity contribution is 6.05. The number of nitrogens with zero attached hydrogens (tertiary/aromatic N) is 3. The van der Waals surface area contributed by atoms with E-state index in [4.69, 9.17) is 4.74 Å². The van der Waals surface area contributed by atoms with Crippen molar-refractivity contribution in [2.24, 2.45) is 0 Å². The van der Waals surface area contributed by atoms with Crippen LogP contribution < -0.4 is 14.5 Å². The van der Waals surface area contributed by atoms with Gasteiger partial charge in [-0.3, -0.25) is 24.6 Å². The molecule has 25 heavy (non-hydrogen) atoms. The average Bonchev–Trinajstić information content (AvgIpc) is 2.63. The third-order valence-corrected chi connectivity index (χ3v) is 3.91. The molecule has 0 aliphatic carbocycles. The number of hydrogen-bond donors (Lipinski definition) is 0. The first kappa shape index (κ1) is 16.4. The summed E-state index contributed by atoms with van der Waals surface area (Å²) in [4.78, 5) is 37.8. The highest BCUT2D eigenvalue weighted by Gasteiger charge is 2.30. The van der Waals surface area contributed by atoms with Crippen LogP contribution in [-0.2, 0) is 9.59 Å². The zero-order valence-electron chi connectivity index (χ0n) is 13.4. The molecule has 1 aliphatic rings. The van der Waals surface area contributed by atoms with E-state index in [1.165, 1.54) is 28.0 Å². The minimum atomic E-state index is -0.560. The molecule has 1 heterocycles. The van der Waals surface area contributed by atoms with Crippen LogP contribution in [0.4, 0.5) is 17.1 Å². The number of nitro benzene ring substituents is 1. The number of para-hydroxylation sites is 1. The molecule has 2 aromatic rings. The van der Waals surface area contributed by atoms with Crippen molar-refractivity contribution in [3.63, 3.8) is 0 Å². The predicted octanol–water partition coefficient (Wildman–Crippen LogP) is 1.98. The van der Waals surface area contributed by atoms with E-state index in [0.717, 1.165) is 0 Å². The van der Waals surface area contributed by atoms with E-state index in [-0.39, 0.29) is 30.4 Å². The van der Waals surface area contributed by atoms with Crippen molar-refractivity contribution >= 4 is 28.9 Å². The summed E-state index contributed by atoms with van der Waals surface area (Å²) < 4.78 is 5.29. The molecule has 2 aromatic carbocycles. The van der Waals surface area contributed by atoms with E-state index in [0.29, 0.717) is 11.4 Å². The van der Waals surface area contributed by atoms with Gasteiger partial charge < -0.3 is 9.64 Å². The predicted molar refractivity (Wildman–Crippen MR) is 90.8 cm³/mol. The first-order valence-corrected chi connectivity index (χ1v) is 7.50. The van der Waals surface area contributed by atoms with Crippen LogP contribution in [-0.4, -0.2) is 36.9 Å². The standard InChI is InChI=1S/C17H15N3O5/c1-18(12-5-3-2-4-6-12)16(21)10-19-14-9-13(20(23)24)7-8-15(14)25-11-17(19)22/h2-9H,10-11H2,1H3. The van der Waals surface area contributed by atoms with Gasteiger partial charge in [0, 0.05) is 24.9 Å². The number of anilines is 2. The number of amides is 2. The summed E-state index contributed by atoms with van der Waals surface area (Å²) in [5, 5.41) is 11.0. The largest absolute Gasteiger partial charge is 0.482 e. The van der Waals surface area contributed by atoms with Gasteiger partial charge in [-0.2, -0.15) is 0 Å². The Balaban J connectivity index is 1.87. The smallest absolute Gasteiger partial charge is 0.271 e. The van der Waals surface area contributed by atoms with Crippen molar-refractivity contribution in [3.05, 3.63) is 58.6 Å². The summed E-state index contributed by atoms with van der Waals surface area (Å²) in [6.07, 6.45) is 0. The number of non-ortho nitro benzene ring substituents is 1. The second-order valence-corrected chi connectivity index (χ2v) is 5.47. The average molecular weight is 341 g/mol. The van der Waals surface area contributed by atoms with E-state index in [1.54, 1.807) is 31.3 Å². The Morgan fingerprint density at radius 2 is 2.00 bits per heavy atom. The Bertz CT molecular complexity index is 837. The number of ether oxygens (including phenoxy) is 1. The zero-order valence-corrected chi connectivity index (χ0v) is 13.4. The van der Waals surface area contributed by atoms with Gasteiger partial charge in [-0.05, 0) is 18.2 Å². The van der Waals surface area contributed by atoms with Crippen molar-refractivity contribution in [1.82, 2.24) is 0 Å². The van der Waals surface area contributed by atoms with Gasteiger partial charge in [-0.1, -0.05) is 18.2 Å². The molecule has 0 N–H and O–H groups in total. The van der Waals surface area contributed by atoms with Crippen LogP contribution >= 0.6 is 0 Å². The number of likely N-dealkylation sites (N-methyl/N-ethyl adjacent to an activating group) is 1. The van der Waals surface area contributed by atoms with Gasteiger partial charge in [0.15, 0.2) is 6.61 Å². The van der Waals surface area contributed by atoms with Crippen LogP contribution in [0, 0.1) is 10.1 Å². The maximum absolute atomic E-state index is 12.5. The van der Waals surface area contributed by atoms with Gasteiger partial charge >= 0.3 is 0 Å². The Morgan fingerprint density at radius 3 is 2.68 bits per heavy atom. The van der Waals surface area contributed by atoms with E-state index in [9.17, 15) is 19.7 Å². The maximum atomic E-state index is 12.5. The minimum Gasteiger partial charge on any atom is -0.482 e. The fraction of sp³-hybridized carbons (Fsp3) is 0.176. The molecule has 0 fully saturated rings. The Labute approximate surface area is 143 Å². The topological polar surface area (TPSA) is 93.0 Å². The quantitative estimate of drug-likeness (QED) is 0.626. The number of rotatable bonds is 4. The lowest BCUT2D eigenvalue weighted by Crippen LogP contribution is -2.45. The fourth-order valence-corrected chi connectivity index (χ4v) is 2.51. The molecule has 8 heteroatoms. The molecule has 8 nitrogen and oxygen atoms in total. The van der Waals surface area contributed by atoms with Crippen molar-refractivity contribution in [3.8, 4) is 5.75 Å². The van der Waals surface area contributed by atoms with Crippen molar-refractivity contribution < 1.29 is 19.2 Å². The van der Waals surface area contributed by atoms with E-state index in [2.05, 4.69) is 0 Å².